The molecule has 120 valence electrons. The Kier molecular flexibility index (Phi) is 4.77. The van der Waals surface area contributed by atoms with E-state index in [-0.39, 0.29) is 4.90 Å². The SMILES string of the molecule is COc1ccc(N(C)S(=O)(=O)c2ccc(C#N)cc2)cc1OC. The highest BCUT2D eigenvalue weighted by molar-refractivity contribution is 7.92. The van der Waals surface area contributed by atoms with Gasteiger partial charge in [-0.3, -0.25) is 4.31 Å². The average molecular weight is 332 g/mol. The van der Waals surface area contributed by atoms with Gasteiger partial charge in [-0.15, -0.1) is 0 Å². The van der Waals surface area contributed by atoms with E-state index < -0.39 is 10.0 Å². The van der Waals surface area contributed by atoms with Gasteiger partial charge in [0.05, 0.1) is 36.4 Å². The van der Waals surface area contributed by atoms with Crippen molar-refractivity contribution >= 4 is 15.7 Å². The molecule has 0 bridgehead atoms. The number of nitrogens with zero attached hydrogens (tertiary/aromatic N) is 2. The first-order valence-electron chi connectivity index (χ1n) is 6.65. The molecule has 7 heteroatoms. The van der Waals surface area contributed by atoms with Gasteiger partial charge in [0, 0.05) is 13.1 Å². The highest BCUT2D eigenvalue weighted by Gasteiger charge is 2.22. The summed E-state index contributed by atoms with van der Waals surface area (Å²) < 4.78 is 36.8. The van der Waals surface area contributed by atoms with Gasteiger partial charge >= 0.3 is 0 Å². The normalized spacial score (nSPS) is 10.7. The molecule has 23 heavy (non-hydrogen) atoms. The van der Waals surface area contributed by atoms with Crippen LogP contribution in [0.5, 0.6) is 11.5 Å². The quantitative estimate of drug-likeness (QED) is 0.840. The minimum Gasteiger partial charge on any atom is -0.493 e. The number of benzene rings is 2. The maximum Gasteiger partial charge on any atom is 0.264 e. The molecule has 0 saturated heterocycles. The van der Waals surface area contributed by atoms with Crippen LogP contribution in [-0.2, 0) is 10.0 Å². The third-order valence-electron chi connectivity index (χ3n) is 3.37. The van der Waals surface area contributed by atoms with Gasteiger partial charge in [-0.25, -0.2) is 8.42 Å². The van der Waals surface area contributed by atoms with Crippen LogP contribution in [-0.4, -0.2) is 29.7 Å². The van der Waals surface area contributed by atoms with E-state index in [1.54, 1.807) is 18.2 Å². The number of anilines is 1. The van der Waals surface area contributed by atoms with Crippen molar-refractivity contribution in [3.63, 3.8) is 0 Å². The predicted octanol–water partition coefficient (Wildman–Crippen LogP) is 2.40. The minimum atomic E-state index is -3.73. The van der Waals surface area contributed by atoms with Crippen molar-refractivity contribution < 1.29 is 17.9 Å². The smallest absolute Gasteiger partial charge is 0.264 e. The van der Waals surface area contributed by atoms with Gasteiger partial charge in [0.2, 0.25) is 0 Å². The maximum absolute atomic E-state index is 12.7. The van der Waals surface area contributed by atoms with Gasteiger partial charge in [-0.2, -0.15) is 5.26 Å². The van der Waals surface area contributed by atoms with Crippen LogP contribution in [0.4, 0.5) is 5.69 Å². The Morgan fingerprint density at radius 1 is 1.00 bits per heavy atom. The lowest BCUT2D eigenvalue weighted by atomic mass is 10.2. The molecule has 6 nitrogen and oxygen atoms in total. The third-order valence-corrected chi connectivity index (χ3v) is 5.17. The first-order chi connectivity index (χ1) is 10.9. The molecular formula is C16H16N2O4S. The van der Waals surface area contributed by atoms with Crippen molar-refractivity contribution in [1.82, 2.24) is 0 Å². The monoisotopic (exact) mass is 332 g/mol. The van der Waals surface area contributed by atoms with E-state index in [1.165, 1.54) is 45.5 Å². The molecule has 0 heterocycles. The number of ether oxygens (including phenoxy) is 2. The van der Waals surface area contributed by atoms with E-state index in [0.29, 0.717) is 22.7 Å². The molecule has 0 aliphatic heterocycles. The van der Waals surface area contributed by atoms with Crippen molar-refractivity contribution in [2.75, 3.05) is 25.6 Å². The molecule has 0 aliphatic carbocycles. The molecule has 0 aliphatic rings. The predicted molar refractivity (Wildman–Crippen MR) is 86.3 cm³/mol. The second-order valence-electron chi connectivity index (χ2n) is 4.65. The van der Waals surface area contributed by atoms with Crippen LogP contribution in [0.25, 0.3) is 0 Å². The first-order valence-corrected chi connectivity index (χ1v) is 8.09. The molecule has 2 aromatic rings. The standard InChI is InChI=1S/C16H16N2O4S/c1-18(13-6-9-15(21-2)16(10-13)22-3)23(19,20)14-7-4-12(11-17)5-8-14/h4-10H,1-3H3. The number of hydrogen-bond acceptors (Lipinski definition) is 5. The van der Waals surface area contributed by atoms with Crippen LogP contribution < -0.4 is 13.8 Å². The fraction of sp³-hybridized carbons (Fsp3) is 0.188. The second-order valence-corrected chi connectivity index (χ2v) is 6.62. The fourth-order valence-corrected chi connectivity index (χ4v) is 3.21. The molecule has 0 saturated carbocycles. The molecule has 0 atom stereocenters. The van der Waals surface area contributed by atoms with Crippen LogP contribution in [0.2, 0.25) is 0 Å². The Hall–Kier alpha value is -2.72. The highest BCUT2D eigenvalue weighted by atomic mass is 32.2. The van der Waals surface area contributed by atoms with E-state index in [2.05, 4.69) is 0 Å². The zero-order valence-corrected chi connectivity index (χ0v) is 13.8. The van der Waals surface area contributed by atoms with E-state index in [4.69, 9.17) is 14.7 Å². The van der Waals surface area contributed by atoms with E-state index in [1.807, 2.05) is 6.07 Å². The van der Waals surface area contributed by atoms with Gasteiger partial charge in [0.15, 0.2) is 11.5 Å². The van der Waals surface area contributed by atoms with Crippen LogP contribution in [0, 0.1) is 11.3 Å². The zero-order chi connectivity index (χ0) is 17.0. The molecule has 0 spiro atoms. The lowest BCUT2D eigenvalue weighted by Gasteiger charge is -2.20. The first kappa shape index (κ1) is 16.6. The van der Waals surface area contributed by atoms with Gasteiger partial charge in [-0.1, -0.05) is 0 Å². The molecule has 0 aromatic heterocycles. The Labute approximate surface area is 135 Å². The summed E-state index contributed by atoms with van der Waals surface area (Å²) in [5, 5.41) is 8.79. The van der Waals surface area contributed by atoms with Crippen LogP contribution >= 0.6 is 0 Å². The van der Waals surface area contributed by atoms with Crippen LogP contribution in [0.3, 0.4) is 0 Å². The molecule has 2 rings (SSSR count). The number of hydrogen-bond donors (Lipinski definition) is 0. The van der Waals surface area contributed by atoms with Gasteiger partial charge in [-0.05, 0) is 36.4 Å². The summed E-state index contributed by atoms with van der Waals surface area (Å²) in [7, 11) is 0.711. The van der Waals surface area contributed by atoms with Crippen molar-refractivity contribution in [2.45, 2.75) is 4.90 Å². The summed E-state index contributed by atoms with van der Waals surface area (Å²) in [5.74, 6) is 0.951. The molecule has 0 unspecified atom stereocenters. The summed E-state index contributed by atoms with van der Waals surface area (Å²) in [5.41, 5.74) is 0.838. The van der Waals surface area contributed by atoms with Crippen molar-refractivity contribution in [3.05, 3.63) is 48.0 Å². The van der Waals surface area contributed by atoms with Crippen LogP contribution in [0.15, 0.2) is 47.4 Å². The maximum atomic E-state index is 12.7. The molecule has 2 aromatic carbocycles. The summed E-state index contributed by atoms with van der Waals surface area (Å²) in [6.45, 7) is 0. The molecule has 0 amide bonds. The Morgan fingerprint density at radius 2 is 1.61 bits per heavy atom. The third kappa shape index (κ3) is 3.22. The number of sulfonamides is 1. The summed E-state index contributed by atoms with van der Waals surface area (Å²) >= 11 is 0. The Morgan fingerprint density at radius 3 is 2.13 bits per heavy atom. The van der Waals surface area contributed by atoms with E-state index in [0.717, 1.165) is 4.31 Å². The van der Waals surface area contributed by atoms with Crippen molar-refractivity contribution in [1.29, 1.82) is 5.26 Å². The minimum absolute atomic E-state index is 0.105. The van der Waals surface area contributed by atoms with Crippen molar-refractivity contribution in [2.24, 2.45) is 0 Å². The largest absolute Gasteiger partial charge is 0.493 e. The van der Waals surface area contributed by atoms with Crippen molar-refractivity contribution in [3.8, 4) is 17.6 Å². The topological polar surface area (TPSA) is 79.6 Å². The molecular weight excluding hydrogens is 316 g/mol. The van der Waals surface area contributed by atoms with E-state index >= 15 is 0 Å². The molecule has 0 radical (unpaired) electrons. The summed E-state index contributed by atoms with van der Waals surface area (Å²) in [4.78, 5) is 0.105. The lowest BCUT2D eigenvalue weighted by Crippen LogP contribution is -2.26. The highest BCUT2D eigenvalue weighted by Crippen LogP contribution is 2.33. The van der Waals surface area contributed by atoms with Gasteiger partial charge < -0.3 is 9.47 Å². The molecule has 0 N–H and O–H groups in total. The average Bonchev–Trinajstić information content (AvgIpc) is 2.60. The second kappa shape index (κ2) is 6.58. The number of rotatable bonds is 5. The lowest BCUT2D eigenvalue weighted by molar-refractivity contribution is 0.355. The zero-order valence-electron chi connectivity index (χ0n) is 13.0. The summed E-state index contributed by atoms with van der Waals surface area (Å²) in [6.07, 6.45) is 0. The van der Waals surface area contributed by atoms with Gasteiger partial charge in [0.1, 0.15) is 0 Å². The van der Waals surface area contributed by atoms with E-state index in [9.17, 15) is 8.42 Å². The number of methoxy groups -OCH3 is 2. The Bertz CT molecular complexity index is 839. The fourth-order valence-electron chi connectivity index (χ4n) is 2.02. The van der Waals surface area contributed by atoms with Gasteiger partial charge in [0.25, 0.3) is 10.0 Å². The molecule has 0 fully saturated rings. The number of nitriles is 1. The Balaban J connectivity index is 2.41. The summed E-state index contributed by atoms with van der Waals surface area (Å²) in [6, 6.07) is 12.6. The van der Waals surface area contributed by atoms with Crippen LogP contribution in [0.1, 0.15) is 5.56 Å².